The first-order chi connectivity index (χ1) is 12.5. The van der Waals surface area contributed by atoms with Crippen molar-refractivity contribution in [2.75, 3.05) is 6.54 Å². The predicted octanol–water partition coefficient (Wildman–Crippen LogP) is 1.66. The van der Waals surface area contributed by atoms with E-state index in [9.17, 15) is 9.59 Å². The van der Waals surface area contributed by atoms with Crippen LogP contribution in [0.1, 0.15) is 28.8 Å². The smallest absolute Gasteiger partial charge is 0.343 e. The van der Waals surface area contributed by atoms with E-state index in [1.807, 2.05) is 0 Å². The third-order valence-corrected chi connectivity index (χ3v) is 3.56. The van der Waals surface area contributed by atoms with Crippen molar-refractivity contribution in [2.45, 2.75) is 19.3 Å². The van der Waals surface area contributed by atoms with Gasteiger partial charge >= 0.3 is 5.97 Å². The maximum atomic E-state index is 12.2. The summed E-state index contributed by atoms with van der Waals surface area (Å²) in [5.41, 5.74) is 17.8. The summed E-state index contributed by atoms with van der Waals surface area (Å²) in [6, 6.07) is 13.3. The number of ketones is 1. The van der Waals surface area contributed by atoms with E-state index in [-0.39, 0.29) is 11.7 Å². The van der Waals surface area contributed by atoms with Crippen LogP contribution in [0.2, 0.25) is 0 Å². The minimum Gasteiger partial charge on any atom is -0.423 e. The standard InChI is InChI=1S/C19H22N4O3/c20-11-1-2-16(24)12-13-3-9-17(10-4-13)26-18(25)14-5-7-15(8-6-14)23-19(21)22/h3-10H,1-2,11-12,20H2,(H4,21,22,23). The number of benzene rings is 2. The zero-order valence-electron chi connectivity index (χ0n) is 14.4. The van der Waals surface area contributed by atoms with Crippen molar-refractivity contribution in [3.8, 4) is 5.75 Å². The summed E-state index contributed by atoms with van der Waals surface area (Å²) >= 11 is 0. The molecule has 0 aromatic heterocycles. The highest BCUT2D eigenvalue weighted by Gasteiger charge is 2.09. The van der Waals surface area contributed by atoms with Crippen LogP contribution < -0.4 is 21.9 Å². The molecule has 26 heavy (non-hydrogen) atoms. The predicted molar refractivity (Wildman–Crippen MR) is 100 cm³/mol. The highest BCUT2D eigenvalue weighted by atomic mass is 16.5. The molecule has 0 saturated heterocycles. The Balaban J connectivity index is 1.94. The van der Waals surface area contributed by atoms with E-state index in [4.69, 9.17) is 21.9 Å². The van der Waals surface area contributed by atoms with Crippen LogP contribution in [0.3, 0.4) is 0 Å². The lowest BCUT2D eigenvalue weighted by Gasteiger charge is -2.06. The molecule has 2 aromatic carbocycles. The van der Waals surface area contributed by atoms with Gasteiger partial charge in [-0.1, -0.05) is 12.1 Å². The molecule has 136 valence electrons. The number of aliphatic imine (C=N–C) groups is 1. The molecule has 0 saturated carbocycles. The summed E-state index contributed by atoms with van der Waals surface area (Å²) in [4.78, 5) is 27.8. The number of carbonyl (C=O) groups excluding carboxylic acids is 2. The van der Waals surface area contributed by atoms with Crippen molar-refractivity contribution < 1.29 is 14.3 Å². The average Bonchev–Trinajstić information content (AvgIpc) is 2.61. The summed E-state index contributed by atoms with van der Waals surface area (Å²) in [6.07, 6.45) is 1.51. The molecule has 0 spiro atoms. The first kappa shape index (κ1) is 19.1. The first-order valence-corrected chi connectivity index (χ1v) is 8.20. The maximum Gasteiger partial charge on any atom is 0.343 e. The van der Waals surface area contributed by atoms with Crippen LogP contribution in [-0.4, -0.2) is 24.3 Å². The van der Waals surface area contributed by atoms with Crippen LogP contribution >= 0.6 is 0 Å². The van der Waals surface area contributed by atoms with Gasteiger partial charge in [-0.15, -0.1) is 0 Å². The second-order valence-corrected chi connectivity index (χ2v) is 5.72. The minimum absolute atomic E-state index is 0.0538. The lowest BCUT2D eigenvalue weighted by molar-refractivity contribution is -0.118. The average molecular weight is 354 g/mol. The Hall–Kier alpha value is -3.19. The lowest BCUT2D eigenvalue weighted by Crippen LogP contribution is -2.21. The van der Waals surface area contributed by atoms with E-state index in [0.717, 1.165) is 5.56 Å². The second-order valence-electron chi connectivity index (χ2n) is 5.72. The van der Waals surface area contributed by atoms with Crippen LogP contribution in [0.25, 0.3) is 0 Å². The molecule has 0 radical (unpaired) electrons. The van der Waals surface area contributed by atoms with Gasteiger partial charge in [0.05, 0.1) is 11.3 Å². The van der Waals surface area contributed by atoms with Gasteiger partial charge in [-0.3, -0.25) is 4.79 Å². The zero-order chi connectivity index (χ0) is 18.9. The van der Waals surface area contributed by atoms with Gasteiger partial charge in [0, 0.05) is 12.8 Å². The van der Waals surface area contributed by atoms with Crippen LogP contribution in [0.4, 0.5) is 5.69 Å². The van der Waals surface area contributed by atoms with E-state index in [1.54, 1.807) is 48.5 Å². The number of hydrogen-bond acceptors (Lipinski definition) is 5. The number of carbonyl (C=O) groups is 2. The highest BCUT2D eigenvalue weighted by molar-refractivity contribution is 5.91. The molecule has 0 fully saturated rings. The lowest BCUT2D eigenvalue weighted by atomic mass is 10.1. The highest BCUT2D eigenvalue weighted by Crippen LogP contribution is 2.17. The molecule has 0 amide bonds. The second kappa shape index (κ2) is 9.33. The van der Waals surface area contributed by atoms with Crippen molar-refractivity contribution in [2.24, 2.45) is 22.2 Å². The van der Waals surface area contributed by atoms with Gasteiger partial charge in [-0.2, -0.15) is 0 Å². The van der Waals surface area contributed by atoms with Crippen molar-refractivity contribution in [1.82, 2.24) is 0 Å². The summed E-state index contributed by atoms with van der Waals surface area (Å²) in [5, 5.41) is 0. The zero-order valence-corrected chi connectivity index (χ0v) is 14.4. The van der Waals surface area contributed by atoms with Crippen LogP contribution in [0, 0.1) is 0 Å². The summed E-state index contributed by atoms with van der Waals surface area (Å²) in [7, 11) is 0. The number of rotatable bonds is 8. The van der Waals surface area contributed by atoms with Crippen LogP contribution in [-0.2, 0) is 11.2 Å². The number of nitrogens with two attached hydrogens (primary N) is 3. The van der Waals surface area contributed by atoms with Gasteiger partial charge < -0.3 is 21.9 Å². The number of nitrogens with zero attached hydrogens (tertiary/aromatic N) is 1. The molecule has 0 aliphatic rings. The molecular formula is C19H22N4O3. The largest absolute Gasteiger partial charge is 0.423 e. The van der Waals surface area contributed by atoms with E-state index in [2.05, 4.69) is 4.99 Å². The van der Waals surface area contributed by atoms with Gasteiger partial charge in [-0.05, 0) is 54.9 Å². The molecule has 6 N–H and O–H groups in total. The molecule has 0 bridgehead atoms. The van der Waals surface area contributed by atoms with E-state index in [1.165, 1.54) is 0 Å². The fourth-order valence-corrected chi connectivity index (χ4v) is 2.28. The molecule has 0 aliphatic heterocycles. The van der Waals surface area contributed by atoms with Crippen LogP contribution in [0.15, 0.2) is 53.5 Å². The Morgan fingerprint density at radius 2 is 1.62 bits per heavy atom. The number of hydrogen-bond donors (Lipinski definition) is 3. The Morgan fingerprint density at radius 3 is 2.19 bits per heavy atom. The summed E-state index contributed by atoms with van der Waals surface area (Å²) in [5.74, 6) is -0.00235. The molecule has 7 heteroatoms. The van der Waals surface area contributed by atoms with Gasteiger partial charge in [0.2, 0.25) is 0 Å². The van der Waals surface area contributed by atoms with E-state index in [0.29, 0.717) is 42.8 Å². The van der Waals surface area contributed by atoms with E-state index < -0.39 is 5.97 Å². The van der Waals surface area contributed by atoms with Gasteiger partial charge in [0.25, 0.3) is 0 Å². The molecule has 0 unspecified atom stereocenters. The van der Waals surface area contributed by atoms with Crippen molar-refractivity contribution >= 4 is 23.4 Å². The van der Waals surface area contributed by atoms with Crippen LogP contribution in [0.5, 0.6) is 5.75 Å². The number of guanidine groups is 1. The molecule has 0 aliphatic carbocycles. The van der Waals surface area contributed by atoms with Crippen molar-refractivity contribution in [3.05, 3.63) is 59.7 Å². The summed E-state index contributed by atoms with van der Waals surface area (Å²) in [6.45, 7) is 0.508. The topological polar surface area (TPSA) is 134 Å². The summed E-state index contributed by atoms with van der Waals surface area (Å²) < 4.78 is 5.32. The fourth-order valence-electron chi connectivity index (χ4n) is 2.28. The first-order valence-electron chi connectivity index (χ1n) is 8.20. The Bertz CT molecular complexity index is 779. The Kier molecular flexibility index (Phi) is 6.87. The van der Waals surface area contributed by atoms with Gasteiger partial charge in [0.1, 0.15) is 11.5 Å². The molecular weight excluding hydrogens is 332 g/mol. The van der Waals surface area contributed by atoms with E-state index >= 15 is 0 Å². The fraction of sp³-hybridized carbons (Fsp3) is 0.211. The third kappa shape index (κ3) is 6.03. The van der Waals surface area contributed by atoms with Crippen molar-refractivity contribution in [1.29, 1.82) is 0 Å². The monoisotopic (exact) mass is 354 g/mol. The van der Waals surface area contributed by atoms with Crippen molar-refractivity contribution in [3.63, 3.8) is 0 Å². The Morgan fingerprint density at radius 1 is 0.962 bits per heavy atom. The number of Topliss-reactive ketones (excluding diaryl/α,β-unsaturated/α-hetero) is 1. The third-order valence-electron chi connectivity index (χ3n) is 3.56. The molecule has 2 rings (SSSR count). The molecule has 7 nitrogen and oxygen atoms in total. The molecule has 2 aromatic rings. The number of esters is 1. The molecule has 0 atom stereocenters. The van der Waals surface area contributed by atoms with Gasteiger partial charge in [-0.25, -0.2) is 9.79 Å². The van der Waals surface area contributed by atoms with Gasteiger partial charge in [0.15, 0.2) is 5.96 Å². The quantitative estimate of drug-likeness (QED) is 0.286. The number of ether oxygens (including phenoxy) is 1. The SMILES string of the molecule is NCCCC(=O)Cc1ccc(OC(=O)c2ccc(N=C(N)N)cc2)cc1. The molecule has 0 heterocycles. The minimum atomic E-state index is -0.493. The maximum absolute atomic E-state index is 12.2. The normalized spacial score (nSPS) is 10.2. The Labute approximate surface area is 151 Å².